The maximum atomic E-state index is 14.3. The number of nitrogens with one attached hydrogen (secondary N) is 2. The topological polar surface area (TPSA) is 119 Å². The van der Waals surface area contributed by atoms with E-state index < -0.39 is 38.9 Å². The van der Waals surface area contributed by atoms with Crippen molar-refractivity contribution >= 4 is 21.6 Å². The number of nitrogens with zero attached hydrogens (tertiary/aromatic N) is 2. The number of alkyl halides is 3. The molecule has 4 N–H and O–H groups in total. The highest BCUT2D eigenvalue weighted by Gasteiger charge is 2.35. The summed E-state index contributed by atoms with van der Waals surface area (Å²) in [7, 11) is -3.75. The molecule has 8 nitrogen and oxygen atoms in total. The zero-order valence-corrected chi connectivity index (χ0v) is 20.4. The summed E-state index contributed by atoms with van der Waals surface area (Å²) >= 11 is 0. The van der Waals surface area contributed by atoms with Gasteiger partial charge in [-0.2, -0.15) is 18.3 Å². The van der Waals surface area contributed by atoms with E-state index in [4.69, 9.17) is 5.73 Å². The monoisotopic (exact) mass is 527 g/mol. The Hall–Kier alpha value is -3.45. The molecule has 3 rings (SSSR count). The molecule has 0 aliphatic heterocycles. The molecular formula is C23H25F4N5O3S. The predicted molar refractivity (Wildman–Crippen MR) is 127 cm³/mol. The Bertz CT molecular complexity index is 1370. The van der Waals surface area contributed by atoms with Gasteiger partial charge < -0.3 is 16.4 Å². The molecule has 1 atom stereocenters. The molecule has 2 aromatic carbocycles. The van der Waals surface area contributed by atoms with E-state index in [2.05, 4.69) is 15.7 Å². The van der Waals surface area contributed by atoms with E-state index in [1.165, 1.54) is 6.07 Å². The predicted octanol–water partition coefficient (Wildman–Crippen LogP) is 4.48. The summed E-state index contributed by atoms with van der Waals surface area (Å²) in [5.74, 6) is -0.808. The van der Waals surface area contributed by atoms with E-state index in [1.807, 2.05) is 19.9 Å². The second kappa shape index (κ2) is 10.3. The van der Waals surface area contributed by atoms with Gasteiger partial charge in [0.15, 0.2) is 15.5 Å². The van der Waals surface area contributed by atoms with Crippen molar-refractivity contribution in [2.75, 3.05) is 11.6 Å². The van der Waals surface area contributed by atoms with Gasteiger partial charge in [0.25, 0.3) is 0 Å². The van der Waals surface area contributed by atoms with E-state index in [1.54, 1.807) is 18.2 Å². The molecule has 1 unspecified atom stereocenters. The first-order chi connectivity index (χ1) is 16.7. The third-order valence-electron chi connectivity index (χ3n) is 5.31. The van der Waals surface area contributed by atoms with Gasteiger partial charge >= 0.3 is 12.2 Å². The lowest BCUT2D eigenvalue weighted by Gasteiger charge is -2.14. The van der Waals surface area contributed by atoms with E-state index >= 15 is 0 Å². The number of sulfone groups is 1. The maximum absolute atomic E-state index is 14.3. The third kappa shape index (κ3) is 6.40. The van der Waals surface area contributed by atoms with Gasteiger partial charge in [0.05, 0.1) is 17.9 Å². The Labute approximate surface area is 205 Å². The highest BCUT2D eigenvalue weighted by Crippen LogP contribution is 2.30. The number of amides is 2. The lowest BCUT2D eigenvalue weighted by Crippen LogP contribution is -2.29. The first kappa shape index (κ1) is 27.1. The fourth-order valence-corrected chi connectivity index (χ4v) is 3.99. The van der Waals surface area contributed by atoms with Crippen LogP contribution >= 0.6 is 0 Å². The molecule has 3 aromatic rings. The average Bonchev–Trinajstić information content (AvgIpc) is 3.22. The van der Waals surface area contributed by atoms with Crippen molar-refractivity contribution in [2.24, 2.45) is 5.73 Å². The quantitative estimate of drug-likeness (QED) is 0.392. The molecule has 2 amide bonds. The van der Waals surface area contributed by atoms with Gasteiger partial charge in [0, 0.05) is 17.5 Å². The number of carbonyl (C=O) groups is 1. The minimum absolute atomic E-state index is 0.0106. The Morgan fingerprint density at radius 1 is 1.14 bits per heavy atom. The van der Waals surface area contributed by atoms with Crippen molar-refractivity contribution in [3.8, 4) is 5.69 Å². The van der Waals surface area contributed by atoms with Crippen LogP contribution in [0.4, 0.5) is 28.0 Å². The summed E-state index contributed by atoms with van der Waals surface area (Å²) in [6.07, 6.45) is -3.82. The lowest BCUT2D eigenvalue weighted by molar-refractivity contribution is -0.141. The molecule has 194 valence electrons. The highest BCUT2D eigenvalue weighted by molar-refractivity contribution is 7.90. The van der Waals surface area contributed by atoms with Crippen LogP contribution in [0.2, 0.25) is 0 Å². The van der Waals surface area contributed by atoms with Gasteiger partial charge in [0.1, 0.15) is 11.2 Å². The fourth-order valence-electron chi connectivity index (χ4n) is 3.34. The van der Waals surface area contributed by atoms with Crippen molar-refractivity contribution in [3.63, 3.8) is 0 Å². The molecule has 13 heteroatoms. The second-order valence-corrected chi connectivity index (χ2v) is 10.6. The maximum Gasteiger partial charge on any atom is 0.435 e. The van der Waals surface area contributed by atoms with Crippen LogP contribution in [0.25, 0.3) is 5.69 Å². The molecule has 36 heavy (non-hydrogen) atoms. The molecule has 0 saturated heterocycles. The van der Waals surface area contributed by atoms with Crippen LogP contribution < -0.4 is 16.4 Å². The molecule has 0 fully saturated rings. The van der Waals surface area contributed by atoms with Crippen molar-refractivity contribution in [2.45, 2.75) is 37.9 Å². The fraction of sp³-hybridized carbons (Fsp3) is 0.304. The number of anilines is 1. The Kier molecular flexibility index (Phi) is 7.74. The molecule has 0 saturated carbocycles. The van der Waals surface area contributed by atoms with E-state index in [0.29, 0.717) is 5.69 Å². The van der Waals surface area contributed by atoms with Gasteiger partial charge in [0.2, 0.25) is 0 Å². The molecule has 1 heterocycles. The van der Waals surface area contributed by atoms with Crippen LogP contribution in [-0.2, 0) is 22.6 Å². The number of halogens is 4. The van der Waals surface area contributed by atoms with Crippen LogP contribution in [0, 0.1) is 5.82 Å². The summed E-state index contributed by atoms with van der Waals surface area (Å²) in [6, 6.07) is 10.2. The Balaban J connectivity index is 1.79. The van der Waals surface area contributed by atoms with Crippen LogP contribution in [0.5, 0.6) is 0 Å². The molecule has 1 aromatic heterocycles. The number of urea groups is 1. The van der Waals surface area contributed by atoms with Gasteiger partial charge in [-0.25, -0.2) is 22.3 Å². The standard InChI is InChI=1S/C23H25F4N5O3S/c1-13(2)14-5-4-6-16(9-14)32-17(11-20(31-32)23(25,26)27)12-29-22(33)30-15-7-8-18(19(24)10-15)21(28)36(3,34)35/h4-11,13,21H,12,28H2,1-3H3,(H2,29,30,33). The minimum atomic E-state index is -4.69. The molecule has 0 radical (unpaired) electrons. The molecule has 0 aliphatic rings. The Morgan fingerprint density at radius 2 is 1.83 bits per heavy atom. The summed E-state index contributed by atoms with van der Waals surface area (Å²) in [5, 5.41) is 6.88. The third-order valence-corrected chi connectivity index (χ3v) is 6.49. The molecule has 0 aliphatic carbocycles. The van der Waals surface area contributed by atoms with Crippen molar-refractivity contribution in [1.82, 2.24) is 15.1 Å². The summed E-state index contributed by atoms with van der Waals surface area (Å²) in [5.41, 5.74) is 5.51. The lowest BCUT2D eigenvalue weighted by atomic mass is 10.0. The van der Waals surface area contributed by atoms with Crippen LogP contribution in [-0.4, -0.2) is 30.5 Å². The van der Waals surface area contributed by atoms with Crippen LogP contribution in [0.1, 0.15) is 47.7 Å². The van der Waals surface area contributed by atoms with Gasteiger partial charge in [-0.15, -0.1) is 0 Å². The molecule has 0 spiro atoms. The zero-order valence-electron chi connectivity index (χ0n) is 19.6. The number of nitrogens with two attached hydrogens (primary N) is 1. The number of carbonyl (C=O) groups excluding carboxylic acids is 1. The first-order valence-electron chi connectivity index (χ1n) is 10.7. The van der Waals surface area contributed by atoms with Gasteiger partial charge in [-0.3, -0.25) is 0 Å². The highest BCUT2D eigenvalue weighted by atomic mass is 32.2. The number of hydrogen-bond donors (Lipinski definition) is 3. The largest absolute Gasteiger partial charge is 0.435 e. The van der Waals surface area contributed by atoms with Gasteiger partial charge in [-0.05, 0) is 41.8 Å². The van der Waals surface area contributed by atoms with E-state index in [-0.39, 0.29) is 29.4 Å². The van der Waals surface area contributed by atoms with Gasteiger partial charge in [-0.1, -0.05) is 32.0 Å². The average molecular weight is 528 g/mol. The number of hydrogen-bond acceptors (Lipinski definition) is 5. The van der Waals surface area contributed by atoms with E-state index in [0.717, 1.165) is 34.7 Å². The summed E-state index contributed by atoms with van der Waals surface area (Å²) < 4.78 is 78.6. The van der Waals surface area contributed by atoms with Crippen molar-refractivity contribution in [1.29, 1.82) is 0 Å². The first-order valence-corrected chi connectivity index (χ1v) is 12.7. The number of aromatic nitrogens is 2. The van der Waals surface area contributed by atoms with Crippen LogP contribution in [0.3, 0.4) is 0 Å². The number of rotatable bonds is 7. The SMILES string of the molecule is CC(C)c1cccc(-n2nc(C(F)(F)F)cc2CNC(=O)Nc2ccc(C(N)S(C)(=O)=O)c(F)c2)c1. The van der Waals surface area contributed by atoms with Crippen molar-refractivity contribution < 1.29 is 30.8 Å². The molecular weight excluding hydrogens is 502 g/mol. The molecule has 0 bridgehead atoms. The summed E-state index contributed by atoms with van der Waals surface area (Å²) in [4.78, 5) is 12.4. The number of benzene rings is 2. The normalized spacial score (nSPS) is 13.0. The van der Waals surface area contributed by atoms with Crippen molar-refractivity contribution in [3.05, 3.63) is 76.9 Å². The van der Waals surface area contributed by atoms with Crippen LogP contribution in [0.15, 0.2) is 48.5 Å². The second-order valence-electron chi connectivity index (χ2n) is 8.47. The van der Waals surface area contributed by atoms with E-state index in [9.17, 15) is 30.8 Å². The Morgan fingerprint density at radius 3 is 2.42 bits per heavy atom. The minimum Gasteiger partial charge on any atom is -0.332 e. The summed E-state index contributed by atoms with van der Waals surface area (Å²) in [6.45, 7) is 3.57. The zero-order chi connectivity index (χ0) is 26.8. The smallest absolute Gasteiger partial charge is 0.332 e.